The van der Waals surface area contributed by atoms with E-state index < -0.39 is 0 Å². The molecule has 1 fully saturated rings. The number of fused-ring (bicyclic) bond motifs is 1. The summed E-state index contributed by atoms with van der Waals surface area (Å²) in [4.78, 5) is 32.1. The molecule has 0 spiro atoms. The van der Waals surface area contributed by atoms with Crippen molar-refractivity contribution in [2.45, 2.75) is 13.3 Å². The molecule has 3 heterocycles. The normalized spacial score (nSPS) is 16.4. The summed E-state index contributed by atoms with van der Waals surface area (Å²) in [5.41, 5.74) is 2.13. The molecule has 2 aliphatic heterocycles. The number of carbonyl (C=O) groups is 1. The fraction of sp³-hybridized carbons (Fsp3) is 0.429. The van der Waals surface area contributed by atoms with Gasteiger partial charge in [0, 0.05) is 57.3 Å². The molecule has 0 atom stereocenters. The van der Waals surface area contributed by atoms with Crippen LogP contribution in [0.5, 0.6) is 0 Å². The number of para-hydroxylation sites is 1. The summed E-state index contributed by atoms with van der Waals surface area (Å²) in [5.74, 6) is 1.84. The Balaban J connectivity index is 0.00000256. The molecule has 4 rings (SSSR count). The van der Waals surface area contributed by atoms with E-state index in [1.807, 2.05) is 35.2 Å². The molecule has 0 radical (unpaired) electrons. The molecule has 1 saturated heterocycles. The molecular weight excluding hydrogens is 493 g/mol. The Bertz CT molecular complexity index is 869. The number of nitrogens with zero attached hydrogens (tertiary/aromatic N) is 6. The standard InChI is InChI=1S/C21H27N7O.HI/c1-2-22-20(26-12-14-27(15-13-26)21-23-8-5-9-24-21)25-10-11-28-18-7-4-3-6-17(18)16-19(28)29;/h3-9H,2,10-16H2,1H3,(H,22,25);1H. The van der Waals surface area contributed by atoms with Crippen LogP contribution in [-0.4, -0.2) is 72.5 Å². The summed E-state index contributed by atoms with van der Waals surface area (Å²) >= 11 is 0. The van der Waals surface area contributed by atoms with Crippen molar-refractivity contribution < 1.29 is 4.79 Å². The third kappa shape index (κ3) is 5.00. The number of piperazine rings is 1. The van der Waals surface area contributed by atoms with Crippen molar-refractivity contribution in [2.75, 3.05) is 55.6 Å². The predicted octanol–water partition coefficient (Wildman–Crippen LogP) is 1.77. The number of amides is 1. The topological polar surface area (TPSA) is 77.0 Å². The fourth-order valence-electron chi connectivity index (χ4n) is 3.82. The third-order valence-corrected chi connectivity index (χ3v) is 5.26. The number of anilines is 2. The summed E-state index contributed by atoms with van der Waals surface area (Å²) in [6, 6.07) is 9.83. The van der Waals surface area contributed by atoms with Crippen LogP contribution in [-0.2, 0) is 11.2 Å². The van der Waals surface area contributed by atoms with Crippen LogP contribution in [0, 0.1) is 0 Å². The zero-order valence-corrected chi connectivity index (χ0v) is 19.5. The van der Waals surface area contributed by atoms with E-state index in [-0.39, 0.29) is 29.9 Å². The first-order valence-corrected chi connectivity index (χ1v) is 10.2. The van der Waals surface area contributed by atoms with E-state index in [0.717, 1.165) is 55.9 Å². The number of aliphatic imine (C=N–C) groups is 1. The molecule has 160 valence electrons. The Hall–Kier alpha value is -2.43. The Morgan fingerprint density at radius 1 is 1.10 bits per heavy atom. The highest BCUT2D eigenvalue weighted by Gasteiger charge is 2.26. The van der Waals surface area contributed by atoms with Gasteiger partial charge in [-0.05, 0) is 24.6 Å². The second kappa shape index (κ2) is 10.6. The zero-order valence-electron chi connectivity index (χ0n) is 17.2. The number of guanidine groups is 1. The maximum absolute atomic E-state index is 12.3. The van der Waals surface area contributed by atoms with E-state index in [9.17, 15) is 4.79 Å². The van der Waals surface area contributed by atoms with E-state index in [0.29, 0.717) is 19.5 Å². The molecule has 0 aliphatic carbocycles. The van der Waals surface area contributed by atoms with Crippen LogP contribution in [0.3, 0.4) is 0 Å². The first-order valence-electron chi connectivity index (χ1n) is 10.2. The quantitative estimate of drug-likeness (QED) is 0.368. The summed E-state index contributed by atoms with van der Waals surface area (Å²) in [5, 5.41) is 3.39. The van der Waals surface area contributed by atoms with Gasteiger partial charge in [-0.1, -0.05) is 18.2 Å². The van der Waals surface area contributed by atoms with Crippen LogP contribution in [0.4, 0.5) is 11.6 Å². The predicted molar refractivity (Wildman–Crippen MR) is 130 cm³/mol. The van der Waals surface area contributed by atoms with Crippen molar-refractivity contribution in [1.82, 2.24) is 20.2 Å². The zero-order chi connectivity index (χ0) is 20.1. The number of nitrogens with one attached hydrogen (secondary N) is 1. The smallest absolute Gasteiger partial charge is 0.231 e. The van der Waals surface area contributed by atoms with Crippen molar-refractivity contribution in [3.63, 3.8) is 0 Å². The molecule has 2 aromatic rings. The summed E-state index contributed by atoms with van der Waals surface area (Å²) in [6.45, 7) is 7.48. The highest BCUT2D eigenvalue weighted by molar-refractivity contribution is 14.0. The van der Waals surface area contributed by atoms with Crippen LogP contribution >= 0.6 is 24.0 Å². The maximum Gasteiger partial charge on any atom is 0.231 e. The number of benzene rings is 1. The average molecular weight is 521 g/mol. The first kappa shape index (κ1) is 22.3. The van der Waals surface area contributed by atoms with Crippen molar-refractivity contribution in [3.05, 3.63) is 48.3 Å². The summed E-state index contributed by atoms with van der Waals surface area (Å²) < 4.78 is 0. The van der Waals surface area contributed by atoms with Gasteiger partial charge in [0.25, 0.3) is 0 Å². The van der Waals surface area contributed by atoms with Crippen LogP contribution in [0.2, 0.25) is 0 Å². The van der Waals surface area contributed by atoms with Gasteiger partial charge >= 0.3 is 0 Å². The molecule has 9 heteroatoms. The lowest BCUT2D eigenvalue weighted by Gasteiger charge is -2.36. The monoisotopic (exact) mass is 521 g/mol. The highest BCUT2D eigenvalue weighted by atomic mass is 127. The van der Waals surface area contributed by atoms with Gasteiger partial charge in [-0.2, -0.15) is 0 Å². The highest BCUT2D eigenvalue weighted by Crippen LogP contribution is 2.27. The minimum absolute atomic E-state index is 0. The molecular formula is C21H28IN7O. The van der Waals surface area contributed by atoms with E-state index in [1.165, 1.54) is 0 Å². The van der Waals surface area contributed by atoms with Gasteiger partial charge in [0.1, 0.15) is 0 Å². The van der Waals surface area contributed by atoms with Gasteiger partial charge in [0.15, 0.2) is 5.96 Å². The van der Waals surface area contributed by atoms with Gasteiger partial charge in [0.05, 0.1) is 13.0 Å². The number of carbonyl (C=O) groups excluding carboxylic acids is 1. The van der Waals surface area contributed by atoms with Gasteiger partial charge in [-0.25, -0.2) is 9.97 Å². The molecule has 1 aromatic carbocycles. The minimum atomic E-state index is 0. The van der Waals surface area contributed by atoms with E-state index in [2.05, 4.69) is 32.0 Å². The maximum atomic E-state index is 12.3. The average Bonchev–Trinajstić information content (AvgIpc) is 3.09. The molecule has 2 aliphatic rings. The Kier molecular flexibility index (Phi) is 7.83. The third-order valence-electron chi connectivity index (χ3n) is 5.26. The Labute approximate surface area is 194 Å². The van der Waals surface area contributed by atoms with Crippen LogP contribution < -0.4 is 15.1 Å². The van der Waals surface area contributed by atoms with Crippen LogP contribution in [0.1, 0.15) is 12.5 Å². The number of rotatable bonds is 5. The Morgan fingerprint density at radius 3 is 2.57 bits per heavy atom. The molecule has 0 unspecified atom stereocenters. The molecule has 30 heavy (non-hydrogen) atoms. The van der Waals surface area contributed by atoms with Crippen molar-refractivity contribution in [3.8, 4) is 0 Å². The molecule has 8 nitrogen and oxygen atoms in total. The lowest BCUT2D eigenvalue weighted by Crippen LogP contribution is -2.53. The van der Waals surface area contributed by atoms with Crippen LogP contribution in [0.15, 0.2) is 47.7 Å². The number of aromatic nitrogens is 2. The first-order chi connectivity index (χ1) is 14.3. The summed E-state index contributed by atoms with van der Waals surface area (Å²) in [7, 11) is 0. The lowest BCUT2D eigenvalue weighted by atomic mass is 10.2. The second-order valence-corrected chi connectivity index (χ2v) is 7.11. The van der Waals surface area contributed by atoms with Gasteiger partial charge < -0.3 is 20.0 Å². The second-order valence-electron chi connectivity index (χ2n) is 7.11. The van der Waals surface area contributed by atoms with Crippen molar-refractivity contribution in [1.29, 1.82) is 0 Å². The number of hydrogen-bond donors (Lipinski definition) is 1. The molecule has 1 N–H and O–H groups in total. The molecule has 0 bridgehead atoms. The number of halogens is 1. The van der Waals surface area contributed by atoms with Crippen molar-refractivity contribution in [2.24, 2.45) is 4.99 Å². The molecule has 1 aromatic heterocycles. The van der Waals surface area contributed by atoms with Gasteiger partial charge in [-0.15, -0.1) is 24.0 Å². The van der Waals surface area contributed by atoms with E-state index in [4.69, 9.17) is 4.99 Å². The van der Waals surface area contributed by atoms with Crippen molar-refractivity contribution >= 4 is 47.5 Å². The Morgan fingerprint density at radius 2 is 1.83 bits per heavy atom. The SMILES string of the molecule is CCNC(=NCCN1C(=O)Cc2ccccc21)N1CCN(c2ncccn2)CC1.I. The molecule has 1 amide bonds. The lowest BCUT2D eigenvalue weighted by molar-refractivity contribution is -0.117. The van der Waals surface area contributed by atoms with E-state index >= 15 is 0 Å². The fourth-order valence-corrected chi connectivity index (χ4v) is 3.82. The largest absolute Gasteiger partial charge is 0.357 e. The molecule has 0 saturated carbocycles. The van der Waals surface area contributed by atoms with Gasteiger partial charge in [-0.3, -0.25) is 9.79 Å². The van der Waals surface area contributed by atoms with Gasteiger partial charge in [0.2, 0.25) is 11.9 Å². The van der Waals surface area contributed by atoms with E-state index in [1.54, 1.807) is 12.4 Å². The minimum Gasteiger partial charge on any atom is -0.357 e. The van der Waals surface area contributed by atoms with Crippen LogP contribution in [0.25, 0.3) is 0 Å². The number of hydrogen-bond acceptors (Lipinski definition) is 5. The summed E-state index contributed by atoms with van der Waals surface area (Å²) in [6.07, 6.45) is 4.04.